The van der Waals surface area contributed by atoms with Crippen LogP contribution < -0.4 is 0 Å². The van der Waals surface area contributed by atoms with E-state index in [1.807, 2.05) is 0 Å². The fourth-order valence-electron chi connectivity index (χ4n) is 1.78. The maximum Gasteiger partial charge on any atom is 0.0292 e. The van der Waals surface area contributed by atoms with E-state index in [1.54, 1.807) is 0 Å². The van der Waals surface area contributed by atoms with Crippen molar-refractivity contribution in [3.8, 4) is 0 Å². The molecule has 0 aromatic rings. The van der Waals surface area contributed by atoms with Gasteiger partial charge >= 0.3 is 0 Å². The van der Waals surface area contributed by atoms with Gasteiger partial charge in [0.05, 0.1) is 0 Å². The topological polar surface area (TPSA) is 9.72 Å². The van der Waals surface area contributed by atoms with Crippen LogP contribution in [0.4, 0.5) is 0 Å². The van der Waals surface area contributed by atoms with Gasteiger partial charge in [-0.15, -0.1) is 0 Å². The molecule has 0 radical (unpaired) electrons. The predicted octanol–water partition coefficient (Wildman–Crippen LogP) is 2.60. The summed E-state index contributed by atoms with van der Waals surface area (Å²) in [6.45, 7) is 10.1. The van der Waals surface area contributed by atoms with Gasteiger partial charge in [-0.1, -0.05) is 27.2 Å². The molecule has 0 saturated heterocycles. The van der Waals surface area contributed by atoms with Crippen molar-refractivity contribution in [3.05, 3.63) is 0 Å². The van der Waals surface area contributed by atoms with Crippen LogP contribution in [0, 0.1) is 0 Å². The monoisotopic (exact) mass is 215 g/mol. The van der Waals surface area contributed by atoms with Gasteiger partial charge < -0.3 is 0 Å². The van der Waals surface area contributed by atoms with Crippen LogP contribution >= 0.6 is 0 Å². The second-order valence-electron chi connectivity index (χ2n) is 4.21. The number of rotatable bonds is 9. The SMILES string of the molecule is CCCCN(N(C)CCC)N(C)CCC. The largest absolute Gasteiger partial charge is 0.231 e. The van der Waals surface area contributed by atoms with Gasteiger partial charge in [-0.05, 0) is 19.3 Å². The summed E-state index contributed by atoms with van der Waals surface area (Å²) in [5, 5.41) is 7.06. The lowest BCUT2D eigenvalue weighted by Gasteiger charge is -2.38. The normalized spacial score (nSPS) is 12.0. The highest BCUT2D eigenvalue weighted by Crippen LogP contribution is 2.04. The fraction of sp³-hybridized carbons (Fsp3) is 1.00. The summed E-state index contributed by atoms with van der Waals surface area (Å²) in [7, 11) is 4.37. The molecule has 0 bridgehead atoms. The van der Waals surface area contributed by atoms with Gasteiger partial charge in [-0.3, -0.25) is 0 Å². The van der Waals surface area contributed by atoms with Crippen molar-refractivity contribution in [2.24, 2.45) is 0 Å². The van der Waals surface area contributed by atoms with Crippen molar-refractivity contribution in [3.63, 3.8) is 0 Å². The lowest BCUT2D eigenvalue weighted by Crippen LogP contribution is -2.50. The van der Waals surface area contributed by atoms with Crippen LogP contribution in [-0.4, -0.2) is 48.9 Å². The molecule has 3 heteroatoms. The van der Waals surface area contributed by atoms with Gasteiger partial charge in [0.1, 0.15) is 0 Å². The third-order valence-electron chi connectivity index (χ3n) is 2.59. The van der Waals surface area contributed by atoms with Crippen LogP contribution in [0.15, 0.2) is 0 Å². The maximum absolute atomic E-state index is 2.39. The molecule has 0 unspecified atom stereocenters. The molecule has 0 amide bonds. The number of hydrazine groups is 2. The Balaban J connectivity index is 4.14. The smallest absolute Gasteiger partial charge is 0.0292 e. The van der Waals surface area contributed by atoms with Crippen LogP contribution in [0.2, 0.25) is 0 Å². The number of nitrogens with zero attached hydrogens (tertiary/aromatic N) is 3. The zero-order valence-electron chi connectivity index (χ0n) is 11.3. The van der Waals surface area contributed by atoms with E-state index in [4.69, 9.17) is 0 Å². The Hall–Kier alpha value is -0.120. The number of hydrogen-bond acceptors (Lipinski definition) is 3. The molecule has 0 saturated carbocycles. The van der Waals surface area contributed by atoms with Crippen LogP contribution in [0.3, 0.4) is 0 Å². The summed E-state index contributed by atoms with van der Waals surface area (Å²) in [6, 6.07) is 0. The van der Waals surface area contributed by atoms with E-state index in [1.165, 1.54) is 25.7 Å². The first kappa shape index (κ1) is 14.9. The van der Waals surface area contributed by atoms with E-state index in [-0.39, 0.29) is 0 Å². The Morgan fingerprint density at radius 2 is 1.13 bits per heavy atom. The van der Waals surface area contributed by atoms with Crippen molar-refractivity contribution in [1.82, 2.24) is 15.1 Å². The Morgan fingerprint density at radius 1 is 0.667 bits per heavy atom. The van der Waals surface area contributed by atoms with E-state index in [0.717, 1.165) is 19.6 Å². The van der Waals surface area contributed by atoms with E-state index >= 15 is 0 Å². The molecule has 0 aliphatic rings. The molecule has 0 aliphatic carbocycles. The van der Waals surface area contributed by atoms with E-state index in [0.29, 0.717) is 0 Å². The third-order valence-corrected chi connectivity index (χ3v) is 2.59. The molecule has 0 aromatic carbocycles. The highest BCUT2D eigenvalue weighted by Gasteiger charge is 2.14. The molecule has 0 N–H and O–H groups in total. The minimum absolute atomic E-state index is 1.14. The van der Waals surface area contributed by atoms with Gasteiger partial charge in [0, 0.05) is 33.7 Å². The van der Waals surface area contributed by atoms with Crippen LogP contribution in [0.5, 0.6) is 0 Å². The Morgan fingerprint density at radius 3 is 1.47 bits per heavy atom. The highest BCUT2D eigenvalue weighted by atomic mass is 15.8. The lowest BCUT2D eigenvalue weighted by molar-refractivity contribution is -0.160. The summed E-state index contributed by atoms with van der Waals surface area (Å²) in [4.78, 5) is 0. The molecule has 0 fully saturated rings. The second kappa shape index (κ2) is 9.13. The molecule has 0 rings (SSSR count). The molecule has 0 aliphatic heterocycles. The third kappa shape index (κ3) is 6.13. The zero-order valence-corrected chi connectivity index (χ0v) is 11.3. The quantitative estimate of drug-likeness (QED) is 0.547. The predicted molar refractivity (Wildman–Crippen MR) is 67.5 cm³/mol. The van der Waals surface area contributed by atoms with E-state index < -0.39 is 0 Å². The maximum atomic E-state index is 2.39. The average molecular weight is 215 g/mol. The number of hydrogen-bond donors (Lipinski definition) is 0. The van der Waals surface area contributed by atoms with Crippen molar-refractivity contribution in [1.29, 1.82) is 0 Å². The zero-order chi connectivity index (χ0) is 11.7. The standard InChI is InChI=1S/C12H29N3/c1-6-9-12-15(13(4)10-7-2)14(5)11-8-3/h6-12H2,1-5H3. The summed E-state index contributed by atoms with van der Waals surface area (Å²) < 4.78 is 0. The lowest BCUT2D eigenvalue weighted by atomic mass is 10.3. The van der Waals surface area contributed by atoms with Gasteiger partial charge in [-0.2, -0.15) is 5.12 Å². The molecule has 92 valence electrons. The van der Waals surface area contributed by atoms with E-state index in [9.17, 15) is 0 Å². The van der Waals surface area contributed by atoms with Crippen LogP contribution in [0.1, 0.15) is 46.5 Å². The van der Waals surface area contributed by atoms with Crippen LogP contribution in [-0.2, 0) is 0 Å². The van der Waals surface area contributed by atoms with E-state index in [2.05, 4.69) is 50.0 Å². The molecule has 0 atom stereocenters. The molecule has 0 heterocycles. The second-order valence-corrected chi connectivity index (χ2v) is 4.21. The minimum atomic E-state index is 1.14. The summed E-state index contributed by atoms with van der Waals surface area (Å²) in [5.41, 5.74) is 0. The van der Waals surface area contributed by atoms with Gasteiger partial charge in [0.2, 0.25) is 0 Å². The first-order valence-electron chi connectivity index (χ1n) is 6.36. The van der Waals surface area contributed by atoms with Gasteiger partial charge in [0.15, 0.2) is 0 Å². The first-order valence-corrected chi connectivity index (χ1v) is 6.36. The fourth-order valence-corrected chi connectivity index (χ4v) is 1.78. The summed E-state index contributed by atoms with van der Waals surface area (Å²) >= 11 is 0. The molecule has 3 nitrogen and oxygen atoms in total. The summed E-state index contributed by atoms with van der Waals surface area (Å²) in [5.74, 6) is 0. The van der Waals surface area contributed by atoms with Gasteiger partial charge in [0.25, 0.3) is 0 Å². The van der Waals surface area contributed by atoms with Crippen molar-refractivity contribution in [2.45, 2.75) is 46.5 Å². The molecule has 0 spiro atoms. The molecule has 0 aromatic heterocycles. The first-order chi connectivity index (χ1) is 7.17. The Kier molecular flexibility index (Phi) is 9.06. The van der Waals surface area contributed by atoms with Gasteiger partial charge in [-0.25, -0.2) is 10.0 Å². The molecule has 15 heavy (non-hydrogen) atoms. The van der Waals surface area contributed by atoms with Crippen molar-refractivity contribution < 1.29 is 0 Å². The van der Waals surface area contributed by atoms with Crippen molar-refractivity contribution >= 4 is 0 Å². The summed E-state index contributed by atoms with van der Waals surface area (Å²) in [6.07, 6.45) is 4.94. The molecular weight excluding hydrogens is 186 g/mol. The Bertz CT molecular complexity index is 127. The highest BCUT2D eigenvalue weighted by molar-refractivity contribution is 4.52. The minimum Gasteiger partial charge on any atom is -0.231 e. The van der Waals surface area contributed by atoms with Crippen LogP contribution in [0.25, 0.3) is 0 Å². The number of unbranched alkanes of at least 4 members (excludes halogenated alkanes) is 1. The Labute approximate surface area is 96.0 Å². The molecular formula is C12H29N3. The average Bonchev–Trinajstić information content (AvgIpc) is 2.19. The van der Waals surface area contributed by atoms with Crippen molar-refractivity contribution in [2.75, 3.05) is 33.7 Å².